The summed E-state index contributed by atoms with van der Waals surface area (Å²) in [5.41, 5.74) is 6.80. The third-order valence-corrected chi connectivity index (χ3v) is 4.08. The molecule has 0 heterocycles. The van der Waals surface area contributed by atoms with Crippen LogP contribution in [0.3, 0.4) is 0 Å². The maximum atomic E-state index is 12.1. The zero-order chi connectivity index (χ0) is 15.1. The molecule has 116 valence electrons. The van der Waals surface area contributed by atoms with Crippen LogP contribution in [0.4, 0.5) is 5.69 Å². The van der Waals surface area contributed by atoms with Gasteiger partial charge in [0.25, 0.3) is 0 Å². The zero-order valence-corrected chi connectivity index (χ0v) is 12.8. The molecule has 1 atom stereocenters. The van der Waals surface area contributed by atoms with Gasteiger partial charge < -0.3 is 15.8 Å². The van der Waals surface area contributed by atoms with Gasteiger partial charge in [0.2, 0.25) is 5.91 Å². The highest BCUT2D eigenvalue weighted by Gasteiger charge is 2.21. The molecule has 21 heavy (non-hydrogen) atoms. The summed E-state index contributed by atoms with van der Waals surface area (Å²) in [7, 11) is 0. The molecule has 0 bridgehead atoms. The van der Waals surface area contributed by atoms with Gasteiger partial charge in [-0.05, 0) is 43.5 Å². The van der Waals surface area contributed by atoms with Gasteiger partial charge in [0.05, 0.1) is 12.6 Å². The van der Waals surface area contributed by atoms with E-state index in [2.05, 4.69) is 5.32 Å². The monoisotopic (exact) mass is 290 g/mol. The van der Waals surface area contributed by atoms with E-state index in [9.17, 15) is 4.79 Å². The molecule has 1 aromatic rings. The quantitative estimate of drug-likeness (QED) is 0.844. The number of ether oxygens (including phenoxy) is 1. The van der Waals surface area contributed by atoms with Crippen LogP contribution in [0.2, 0.25) is 0 Å². The lowest BCUT2D eigenvalue weighted by Gasteiger charge is -2.24. The van der Waals surface area contributed by atoms with Crippen molar-refractivity contribution >= 4 is 11.6 Å². The van der Waals surface area contributed by atoms with Crippen LogP contribution in [0, 0.1) is 5.92 Å². The molecule has 1 aliphatic rings. The standard InChI is InChI=1S/C17H26N2O2/c1-2-21-15-10-8-14(9-11-15)19-17(20)16(18)12-13-6-4-3-5-7-13/h8-11,13,16H,2-7,12,18H2,1H3,(H,19,20). The maximum Gasteiger partial charge on any atom is 0.241 e. The van der Waals surface area contributed by atoms with Gasteiger partial charge >= 0.3 is 0 Å². The van der Waals surface area contributed by atoms with Crippen molar-refractivity contribution in [2.45, 2.75) is 51.5 Å². The number of nitrogens with two attached hydrogens (primary N) is 1. The number of anilines is 1. The Labute approximate surface area is 127 Å². The second-order valence-electron chi connectivity index (χ2n) is 5.79. The van der Waals surface area contributed by atoms with Crippen LogP contribution in [0.1, 0.15) is 45.4 Å². The molecule has 1 aromatic carbocycles. The van der Waals surface area contributed by atoms with Crippen molar-refractivity contribution in [3.05, 3.63) is 24.3 Å². The lowest BCUT2D eigenvalue weighted by atomic mass is 9.85. The Morgan fingerprint density at radius 3 is 2.57 bits per heavy atom. The lowest BCUT2D eigenvalue weighted by molar-refractivity contribution is -0.117. The Kier molecular flexibility index (Phi) is 6.05. The molecule has 1 saturated carbocycles. The molecule has 0 saturated heterocycles. The van der Waals surface area contributed by atoms with Crippen LogP contribution in [0.25, 0.3) is 0 Å². The summed E-state index contributed by atoms with van der Waals surface area (Å²) >= 11 is 0. The summed E-state index contributed by atoms with van der Waals surface area (Å²) in [6.07, 6.45) is 7.09. The molecule has 4 heteroatoms. The smallest absolute Gasteiger partial charge is 0.241 e. The third-order valence-electron chi connectivity index (χ3n) is 4.08. The van der Waals surface area contributed by atoms with E-state index in [0.29, 0.717) is 12.5 Å². The fraction of sp³-hybridized carbons (Fsp3) is 0.588. The number of benzene rings is 1. The molecule has 3 N–H and O–H groups in total. The Morgan fingerprint density at radius 2 is 1.95 bits per heavy atom. The van der Waals surface area contributed by atoms with E-state index in [-0.39, 0.29) is 5.91 Å². The van der Waals surface area contributed by atoms with Crippen molar-refractivity contribution in [3.8, 4) is 5.75 Å². The number of carbonyl (C=O) groups is 1. The molecular weight excluding hydrogens is 264 g/mol. The van der Waals surface area contributed by atoms with Crippen molar-refractivity contribution in [2.75, 3.05) is 11.9 Å². The largest absolute Gasteiger partial charge is 0.494 e. The summed E-state index contributed by atoms with van der Waals surface area (Å²) in [6, 6.07) is 6.98. The van der Waals surface area contributed by atoms with E-state index in [0.717, 1.165) is 17.9 Å². The highest BCUT2D eigenvalue weighted by atomic mass is 16.5. The van der Waals surface area contributed by atoms with Gasteiger partial charge in [-0.2, -0.15) is 0 Å². The number of nitrogens with one attached hydrogen (secondary N) is 1. The minimum Gasteiger partial charge on any atom is -0.494 e. The van der Waals surface area contributed by atoms with Gasteiger partial charge in [-0.25, -0.2) is 0 Å². The Balaban J connectivity index is 1.81. The first-order valence-corrected chi connectivity index (χ1v) is 7.98. The second-order valence-corrected chi connectivity index (χ2v) is 5.79. The third kappa shape index (κ3) is 5.05. The van der Waals surface area contributed by atoms with E-state index in [1.807, 2.05) is 31.2 Å². The number of hydrogen-bond donors (Lipinski definition) is 2. The van der Waals surface area contributed by atoms with Crippen molar-refractivity contribution in [1.29, 1.82) is 0 Å². The topological polar surface area (TPSA) is 64.3 Å². The van der Waals surface area contributed by atoms with E-state index in [1.54, 1.807) is 0 Å². The van der Waals surface area contributed by atoms with Gasteiger partial charge in [-0.1, -0.05) is 32.1 Å². The molecule has 0 spiro atoms. The molecule has 0 radical (unpaired) electrons. The molecule has 1 unspecified atom stereocenters. The van der Waals surface area contributed by atoms with Crippen LogP contribution in [0.5, 0.6) is 5.75 Å². The molecule has 4 nitrogen and oxygen atoms in total. The predicted octanol–water partition coefficient (Wildman–Crippen LogP) is 3.32. The van der Waals surface area contributed by atoms with E-state index in [1.165, 1.54) is 32.1 Å². The molecule has 1 amide bonds. The fourth-order valence-corrected chi connectivity index (χ4v) is 2.93. The minimum absolute atomic E-state index is 0.0928. The van der Waals surface area contributed by atoms with E-state index < -0.39 is 6.04 Å². The van der Waals surface area contributed by atoms with Crippen LogP contribution < -0.4 is 15.8 Å². The second kappa shape index (κ2) is 8.03. The van der Waals surface area contributed by atoms with Crippen LogP contribution in [0.15, 0.2) is 24.3 Å². The highest BCUT2D eigenvalue weighted by Crippen LogP contribution is 2.27. The van der Waals surface area contributed by atoms with Gasteiger partial charge in [-0.15, -0.1) is 0 Å². The highest BCUT2D eigenvalue weighted by molar-refractivity contribution is 5.94. The number of amides is 1. The first-order chi connectivity index (χ1) is 10.2. The first-order valence-electron chi connectivity index (χ1n) is 7.98. The van der Waals surface area contributed by atoms with E-state index >= 15 is 0 Å². The molecule has 1 aliphatic carbocycles. The number of carbonyl (C=O) groups excluding carboxylic acids is 1. The van der Waals surface area contributed by atoms with Crippen LogP contribution >= 0.6 is 0 Å². The summed E-state index contributed by atoms with van der Waals surface area (Å²) in [5.74, 6) is 1.33. The summed E-state index contributed by atoms with van der Waals surface area (Å²) in [5, 5.41) is 2.88. The number of hydrogen-bond acceptors (Lipinski definition) is 3. The summed E-state index contributed by atoms with van der Waals surface area (Å²) in [6.45, 7) is 2.58. The molecule has 2 rings (SSSR count). The van der Waals surface area contributed by atoms with Gasteiger partial charge in [0.1, 0.15) is 5.75 Å². The summed E-state index contributed by atoms with van der Waals surface area (Å²) in [4.78, 5) is 12.1. The van der Waals surface area contributed by atoms with Crippen molar-refractivity contribution in [2.24, 2.45) is 11.7 Å². The van der Waals surface area contributed by atoms with Crippen molar-refractivity contribution in [3.63, 3.8) is 0 Å². The first kappa shape index (κ1) is 15.8. The molecule has 1 fully saturated rings. The number of rotatable bonds is 6. The Morgan fingerprint density at radius 1 is 1.29 bits per heavy atom. The normalized spacial score (nSPS) is 17.2. The fourth-order valence-electron chi connectivity index (χ4n) is 2.93. The summed E-state index contributed by atoms with van der Waals surface area (Å²) < 4.78 is 5.38. The van der Waals surface area contributed by atoms with Crippen molar-refractivity contribution in [1.82, 2.24) is 0 Å². The van der Waals surface area contributed by atoms with Gasteiger partial charge in [0, 0.05) is 5.69 Å². The molecule has 0 aliphatic heterocycles. The molecular formula is C17H26N2O2. The zero-order valence-electron chi connectivity index (χ0n) is 12.8. The molecule has 0 aromatic heterocycles. The Hall–Kier alpha value is -1.55. The van der Waals surface area contributed by atoms with Gasteiger partial charge in [0.15, 0.2) is 0 Å². The van der Waals surface area contributed by atoms with Crippen molar-refractivity contribution < 1.29 is 9.53 Å². The average Bonchev–Trinajstić information content (AvgIpc) is 2.50. The van der Waals surface area contributed by atoms with Crippen LogP contribution in [-0.4, -0.2) is 18.6 Å². The average molecular weight is 290 g/mol. The SMILES string of the molecule is CCOc1ccc(NC(=O)C(N)CC2CCCCC2)cc1. The minimum atomic E-state index is -0.417. The maximum absolute atomic E-state index is 12.1. The van der Waals surface area contributed by atoms with Gasteiger partial charge in [-0.3, -0.25) is 4.79 Å². The predicted molar refractivity (Wildman–Crippen MR) is 85.4 cm³/mol. The lowest BCUT2D eigenvalue weighted by Crippen LogP contribution is -2.37. The van der Waals surface area contributed by atoms with Crippen LogP contribution in [-0.2, 0) is 4.79 Å². The van der Waals surface area contributed by atoms with E-state index in [4.69, 9.17) is 10.5 Å². The Bertz CT molecular complexity index is 439.